The maximum atomic E-state index is 13.1. The van der Waals surface area contributed by atoms with Gasteiger partial charge in [0.25, 0.3) is 5.56 Å². The fourth-order valence-corrected chi connectivity index (χ4v) is 4.20. The van der Waals surface area contributed by atoms with E-state index in [1.54, 1.807) is 11.7 Å². The number of benzene rings is 2. The van der Waals surface area contributed by atoms with Crippen LogP contribution in [0.15, 0.2) is 69.3 Å². The maximum absolute atomic E-state index is 13.1. The molecule has 0 fully saturated rings. The summed E-state index contributed by atoms with van der Waals surface area (Å²) in [4.78, 5) is 21.0. The quantitative estimate of drug-likeness (QED) is 0.341. The third-order valence-electron chi connectivity index (χ3n) is 4.97. The van der Waals surface area contributed by atoms with Crippen molar-refractivity contribution in [2.75, 3.05) is 24.7 Å². The van der Waals surface area contributed by atoms with E-state index in [1.165, 1.54) is 11.8 Å². The van der Waals surface area contributed by atoms with Crippen molar-refractivity contribution in [3.8, 4) is 0 Å². The van der Waals surface area contributed by atoms with E-state index in [1.807, 2.05) is 49.1 Å². The van der Waals surface area contributed by atoms with Gasteiger partial charge in [-0.2, -0.15) is 0 Å². The van der Waals surface area contributed by atoms with E-state index in [-0.39, 0.29) is 5.56 Å². The van der Waals surface area contributed by atoms with Gasteiger partial charge in [0, 0.05) is 38.3 Å². The molecule has 7 heteroatoms. The van der Waals surface area contributed by atoms with Gasteiger partial charge < -0.3 is 10.6 Å². The summed E-state index contributed by atoms with van der Waals surface area (Å²) in [5, 5.41) is 0.642. The molecule has 0 atom stereocenters. The minimum absolute atomic E-state index is 0.122. The molecule has 0 saturated heterocycles. The zero-order valence-corrected chi connectivity index (χ0v) is 19.7. The van der Waals surface area contributed by atoms with Crippen LogP contribution in [0.4, 0.5) is 11.5 Å². The van der Waals surface area contributed by atoms with Crippen LogP contribution in [-0.4, -0.2) is 28.5 Å². The fraction of sp³-hybridized carbons (Fsp3) is 0.333. The summed E-state index contributed by atoms with van der Waals surface area (Å²) in [6.07, 6.45) is 0. The Bertz CT molecular complexity index is 1100. The number of nitrogens with zero attached hydrogens (tertiary/aromatic N) is 4. The van der Waals surface area contributed by atoms with Gasteiger partial charge in [-0.15, -0.1) is 0 Å². The highest BCUT2D eigenvalue weighted by Gasteiger charge is 2.22. The molecule has 0 spiro atoms. The summed E-state index contributed by atoms with van der Waals surface area (Å²) in [6.45, 7) is 5.36. The molecule has 2 aromatic carbocycles. The number of rotatable bonds is 7. The maximum Gasteiger partial charge on any atom is 0.278 e. The van der Waals surface area contributed by atoms with Crippen molar-refractivity contribution in [2.24, 2.45) is 18.0 Å². The number of nitrogen functional groups attached to an aromatic ring is 1. The summed E-state index contributed by atoms with van der Waals surface area (Å²) in [6, 6.07) is 18.2. The molecule has 1 aromatic heterocycles. The van der Waals surface area contributed by atoms with E-state index in [2.05, 4.69) is 43.0 Å². The molecule has 0 unspecified atom stereocenters. The minimum Gasteiger partial charge on any atom is -0.383 e. The van der Waals surface area contributed by atoms with E-state index in [0.29, 0.717) is 35.4 Å². The van der Waals surface area contributed by atoms with Gasteiger partial charge in [0.15, 0.2) is 0 Å². The van der Waals surface area contributed by atoms with Crippen LogP contribution < -0.4 is 16.2 Å². The zero-order chi connectivity index (χ0) is 22.5. The molecule has 3 rings (SSSR count). The van der Waals surface area contributed by atoms with Gasteiger partial charge in [0.05, 0.1) is 6.54 Å². The molecule has 2 N–H and O–H groups in total. The van der Waals surface area contributed by atoms with Gasteiger partial charge in [0.1, 0.15) is 16.4 Å². The molecule has 0 saturated carbocycles. The first-order valence-electron chi connectivity index (χ1n) is 10.4. The highest BCUT2D eigenvalue weighted by atomic mass is 32.2. The Labute approximate surface area is 188 Å². The SMILES string of the molecule is CC(C)Cn1c(N)c(C(=NCc2ccc(N(C)C)cc2)Sc2ccccc2)c(=O)n1C. The highest BCUT2D eigenvalue weighted by molar-refractivity contribution is 8.14. The van der Waals surface area contributed by atoms with Crippen molar-refractivity contribution in [2.45, 2.75) is 31.8 Å². The van der Waals surface area contributed by atoms with Crippen LogP contribution in [0.3, 0.4) is 0 Å². The normalized spacial score (nSPS) is 11.9. The lowest BCUT2D eigenvalue weighted by molar-refractivity contribution is 0.428. The first-order chi connectivity index (χ1) is 14.8. The Morgan fingerprint density at radius 2 is 1.74 bits per heavy atom. The Morgan fingerprint density at radius 3 is 2.32 bits per heavy atom. The van der Waals surface area contributed by atoms with Crippen molar-refractivity contribution in [3.63, 3.8) is 0 Å². The third kappa shape index (κ3) is 5.41. The molecular formula is C24H31N5OS. The number of aromatic nitrogens is 2. The average Bonchev–Trinajstić information content (AvgIpc) is 2.95. The van der Waals surface area contributed by atoms with Crippen molar-refractivity contribution >= 4 is 28.3 Å². The van der Waals surface area contributed by atoms with Crippen LogP contribution in [0.2, 0.25) is 0 Å². The number of hydrogen-bond donors (Lipinski definition) is 1. The second-order valence-electron chi connectivity index (χ2n) is 8.16. The van der Waals surface area contributed by atoms with E-state index in [0.717, 1.165) is 16.1 Å². The summed E-state index contributed by atoms with van der Waals surface area (Å²) in [5.41, 5.74) is 9.04. The van der Waals surface area contributed by atoms with Crippen LogP contribution in [0, 0.1) is 5.92 Å². The zero-order valence-electron chi connectivity index (χ0n) is 18.9. The summed E-state index contributed by atoms with van der Waals surface area (Å²) in [7, 11) is 5.79. The molecule has 0 bridgehead atoms. The Hall–Kier alpha value is -2.93. The van der Waals surface area contributed by atoms with Gasteiger partial charge in [-0.05, 0) is 35.7 Å². The van der Waals surface area contributed by atoms with Crippen molar-refractivity contribution < 1.29 is 0 Å². The third-order valence-corrected chi connectivity index (χ3v) is 6.01. The lowest BCUT2D eigenvalue weighted by atomic mass is 10.2. The highest BCUT2D eigenvalue weighted by Crippen LogP contribution is 2.26. The Balaban J connectivity index is 2.01. The van der Waals surface area contributed by atoms with Crippen molar-refractivity contribution in [1.29, 1.82) is 0 Å². The number of anilines is 2. The molecule has 0 amide bonds. The standard InChI is InChI=1S/C24H31N5OS/c1-17(2)16-29-22(25)21(24(30)28(29)5)23(31-20-9-7-6-8-10-20)26-15-18-11-13-19(14-12-18)27(3)4/h6-14,17H,15-16,25H2,1-5H3. The van der Waals surface area contributed by atoms with Crippen LogP contribution in [0.25, 0.3) is 0 Å². The minimum atomic E-state index is -0.122. The number of aliphatic imine (C=N–C) groups is 1. The lowest BCUT2D eigenvalue weighted by Crippen LogP contribution is -2.23. The molecule has 6 nitrogen and oxygen atoms in total. The molecule has 3 aromatic rings. The van der Waals surface area contributed by atoms with Crippen LogP contribution in [0.1, 0.15) is 25.0 Å². The van der Waals surface area contributed by atoms with Crippen molar-refractivity contribution in [1.82, 2.24) is 9.36 Å². The average molecular weight is 438 g/mol. The van der Waals surface area contributed by atoms with Gasteiger partial charge >= 0.3 is 0 Å². The summed E-state index contributed by atoms with van der Waals surface area (Å²) in [5.74, 6) is 0.830. The van der Waals surface area contributed by atoms with Gasteiger partial charge in [-0.1, -0.05) is 55.9 Å². The fourth-order valence-electron chi connectivity index (χ4n) is 3.26. The Kier molecular flexibility index (Phi) is 7.28. The van der Waals surface area contributed by atoms with Gasteiger partial charge in [-0.3, -0.25) is 19.2 Å². The molecule has 1 heterocycles. The summed E-state index contributed by atoms with van der Waals surface area (Å²) >= 11 is 1.47. The second kappa shape index (κ2) is 9.92. The summed E-state index contributed by atoms with van der Waals surface area (Å²) < 4.78 is 3.44. The van der Waals surface area contributed by atoms with E-state index < -0.39 is 0 Å². The lowest BCUT2D eigenvalue weighted by Gasteiger charge is -2.13. The number of thioether (sulfide) groups is 1. The van der Waals surface area contributed by atoms with Crippen LogP contribution in [-0.2, 0) is 20.1 Å². The number of hydrogen-bond acceptors (Lipinski definition) is 5. The van der Waals surface area contributed by atoms with E-state index in [4.69, 9.17) is 10.7 Å². The molecule has 0 aliphatic carbocycles. The monoisotopic (exact) mass is 437 g/mol. The molecule has 0 aliphatic rings. The van der Waals surface area contributed by atoms with Crippen LogP contribution in [0.5, 0.6) is 0 Å². The first kappa shape index (κ1) is 22.7. The van der Waals surface area contributed by atoms with Crippen LogP contribution >= 0.6 is 11.8 Å². The largest absolute Gasteiger partial charge is 0.383 e. The Morgan fingerprint density at radius 1 is 1.10 bits per heavy atom. The molecule has 164 valence electrons. The molecule has 31 heavy (non-hydrogen) atoms. The molecule has 0 radical (unpaired) electrons. The predicted molar refractivity (Wildman–Crippen MR) is 132 cm³/mol. The van der Waals surface area contributed by atoms with E-state index >= 15 is 0 Å². The van der Waals surface area contributed by atoms with E-state index in [9.17, 15) is 4.79 Å². The first-order valence-corrected chi connectivity index (χ1v) is 11.2. The topological polar surface area (TPSA) is 68.6 Å². The predicted octanol–water partition coefficient (Wildman–Crippen LogP) is 4.23. The second-order valence-corrected chi connectivity index (χ2v) is 9.22. The molecule has 0 aliphatic heterocycles. The van der Waals surface area contributed by atoms with Gasteiger partial charge in [0.2, 0.25) is 0 Å². The van der Waals surface area contributed by atoms with Gasteiger partial charge in [-0.25, -0.2) is 0 Å². The molecular weight excluding hydrogens is 406 g/mol. The smallest absolute Gasteiger partial charge is 0.278 e. The number of nitrogens with two attached hydrogens (primary N) is 1. The van der Waals surface area contributed by atoms with Crippen molar-refractivity contribution in [3.05, 3.63) is 76.1 Å².